The van der Waals surface area contributed by atoms with Crippen molar-refractivity contribution in [3.8, 4) is 11.1 Å². The first-order valence-corrected chi connectivity index (χ1v) is 7.57. The highest BCUT2D eigenvalue weighted by Gasteiger charge is 2.06. The Morgan fingerprint density at radius 2 is 1.71 bits per heavy atom. The Balaban J connectivity index is 1.76. The maximum absolute atomic E-state index is 11.7. The van der Waals surface area contributed by atoms with Crippen molar-refractivity contribution in [1.29, 1.82) is 0 Å². The molecule has 0 amide bonds. The van der Waals surface area contributed by atoms with E-state index < -0.39 is 5.69 Å². The average molecular weight is 314 g/mol. The monoisotopic (exact) mass is 314 g/mol. The fourth-order valence-electron chi connectivity index (χ4n) is 2.63. The summed E-state index contributed by atoms with van der Waals surface area (Å²) in [5.74, 6) is 0.586. The predicted molar refractivity (Wildman–Crippen MR) is 95.3 cm³/mol. The molecule has 116 valence electrons. The van der Waals surface area contributed by atoms with E-state index in [4.69, 9.17) is 0 Å². The Kier molecular flexibility index (Phi) is 3.51. The topological polar surface area (TPSA) is 70.7 Å². The molecule has 2 N–H and O–H groups in total. The summed E-state index contributed by atoms with van der Waals surface area (Å²) in [4.78, 5) is 22.5. The molecule has 2 aromatic carbocycles. The first kappa shape index (κ1) is 14.1. The predicted octanol–water partition coefficient (Wildman–Crippen LogP) is 3.73. The Bertz CT molecular complexity index is 1060. The number of hydrogen-bond donors (Lipinski definition) is 2. The third kappa shape index (κ3) is 2.75. The highest BCUT2D eigenvalue weighted by molar-refractivity contribution is 5.88. The highest BCUT2D eigenvalue weighted by atomic mass is 16.1. The normalized spacial score (nSPS) is 10.7. The standard InChI is InChI=1S/C19H14N4O/c24-19-22-17-16(10-5-11-20-17)18(23-19)21-15-9-4-8-14(12-15)13-6-2-1-3-7-13/h1-12H,(H2,20,21,22,23,24). The van der Waals surface area contributed by atoms with E-state index in [9.17, 15) is 4.79 Å². The van der Waals surface area contributed by atoms with Crippen LogP contribution in [0.5, 0.6) is 0 Å². The minimum absolute atomic E-state index is 0.419. The Morgan fingerprint density at radius 3 is 2.58 bits per heavy atom. The number of benzene rings is 2. The van der Waals surface area contributed by atoms with Crippen molar-refractivity contribution >= 4 is 22.5 Å². The van der Waals surface area contributed by atoms with Gasteiger partial charge in [0.25, 0.3) is 0 Å². The number of aromatic amines is 1. The molecule has 0 bridgehead atoms. The SMILES string of the molecule is O=c1nc2ncccc2c(Nc2cccc(-c3ccccc3)c2)[nH]1. The molecule has 0 aliphatic carbocycles. The van der Waals surface area contributed by atoms with Gasteiger partial charge in [-0.2, -0.15) is 4.98 Å². The summed E-state index contributed by atoms with van der Waals surface area (Å²) in [6.45, 7) is 0. The molecule has 4 aromatic rings. The molecule has 0 unspecified atom stereocenters. The quantitative estimate of drug-likeness (QED) is 0.604. The first-order valence-electron chi connectivity index (χ1n) is 7.57. The van der Waals surface area contributed by atoms with Crippen molar-refractivity contribution in [3.05, 3.63) is 83.4 Å². The van der Waals surface area contributed by atoms with Crippen LogP contribution in [0.4, 0.5) is 11.5 Å². The van der Waals surface area contributed by atoms with E-state index >= 15 is 0 Å². The van der Waals surface area contributed by atoms with Gasteiger partial charge in [0.05, 0.1) is 5.39 Å². The van der Waals surface area contributed by atoms with Gasteiger partial charge in [-0.05, 0) is 35.4 Å². The van der Waals surface area contributed by atoms with Crippen LogP contribution in [-0.2, 0) is 0 Å². The van der Waals surface area contributed by atoms with Crippen molar-refractivity contribution in [3.63, 3.8) is 0 Å². The van der Waals surface area contributed by atoms with Crippen molar-refractivity contribution in [2.24, 2.45) is 0 Å². The number of anilines is 2. The van der Waals surface area contributed by atoms with Crippen LogP contribution in [0.3, 0.4) is 0 Å². The molecule has 4 rings (SSSR count). The number of nitrogens with zero attached hydrogens (tertiary/aromatic N) is 2. The fraction of sp³-hybridized carbons (Fsp3) is 0. The van der Waals surface area contributed by atoms with E-state index in [-0.39, 0.29) is 0 Å². The van der Waals surface area contributed by atoms with Gasteiger partial charge in [-0.3, -0.25) is 4.98 Å². The van der Waals surface area contributed by atoms with Crippen LogP contribution < -0.4 is 11.0 Å². The van der Waals surface area contributed by atoms with Gasteiger partial charge in [-0.25, -0.2) is 9.78 Å². The van der Waals surface area contributed by atoms with Gasteiger partial charge < -0.3 is 5.32 Å². The maximum atomic E-state index is 11.7. The number of H-pyrrole nitrogens is 1. The van der Waals surface area contributed by atoms with Gasteiger partial charge in [0.1, 0.15) is 5.82 Å². The van der Waals surface area contributed by atoms with Gasteiger partial charge in [0, 0.05) is 11.9 Å². The van der Waals surface area contributed by atoms with Crippen LogP contribution in [-0.4, -0.2) is 15.0 Å². The smallest absolute Gasteiger partial charge is 0.341 e. The van der Waals surface area contributed by atoms with Gasteiger partial charge in [0.2, 0.25) is 0 Å². The molecule has 2 heterocycles. The van der Waals surface area contributed by atoms with E-state index in [1.54, 1.807) is 6.20 Å². The maximum Gasteiger partial charge on any atom is 0.348 e. The zero-order chi connectivity index (χ0) is 16.4. The van der Waals surface area contributed by atoms with E-state index in [2.05, 4.69) is 38.5 Å². The fourth-order valence-corrected chi connectivity index (χ4v) is 2.63. The minimum Gasteiger partial charge on any atom is -0.341 e. The Labute approximate surface area is 138 Å². The number of nitrogens with one attached hydrogen (secondary N) is 2. The summed E-state index contributed by atoms with van der Waals surface area (Å²) >= 11 is 0. The zero-order valence-corrected chi connectivity index (χ0v) is 12.7. The molecular formula is C19H14N4O. The number of fused-ring (bicyclic) bond motifs is 1. The second-order valence-electron chi connectivity index (χ2n) is 5.36. The number of rotatable bonds is 3. The molecule has 0 saturated heterocycles. The molecule has 2 aromatic heterocycles. The molecule has 5 nitrogen and oxygen atoms in total. The van der Waals surface area contributed by atoms with E-state index in [1.165, 1.54) is 0 Å². The lowest BCUT2D eigenvalue weighted by Gasteiger charge is -2.10. The minimum atomic E-state index is -0.428. The highest BCUT2D eigenvalue weighted by Crippen LogP contribution is 2.25. The number of hydrogen-bond acceptors (Lipinski definition) is 4. The molecule has 24 heavy (non-hydrogen) atoms. The summed E-state index contributed by atoms with van der Waals surface area (Å²) in [5.41, 5.74) is 3.10. The van der Waals surface area contributed by atoms with Crippen LogP contribution in [0, 0.1) is 0 Å². The summed E-state index contributed by atoms with van der Waals surface area (Å²) < 4.78 is 0. The Morgan fingerprint density at radius 1 is 0.875 bits per heavy atom. The third-order valence-corrected chi connectivity index (χ3v) is 3.73. The van der Waals surface area contributed by atoms with Crippen LogP contribution in [0.1, 0.15) is 0 Å². The lowest BCUT2D eigenvalue weighted by atomic mass is 10.1. The van der Waals surface area contributed by atoms with Crippen molar-refractivity contribution in [2.75, 3.05) is 5.32 Å². The molecule has 0 aliphatic heterocycles. The summed E-state index contributed by atoms with van der Waals surface area (Å²) in [6.07, 6.45) is 1.62. The first-order chi connectivity index (χ1) is 11.8. The molecule has 0 aliphatic rings. The average Bonchev–Trinajstić information content (AvgIpc) is 2.62. The lowest BCUT2D eigenvalue weighted by Crippen LogP contribution is -2.13. The summed E-state index contributed by atoms with van der Waals surface area (Å²) in [7, 11) is 0. The van der Waals surface area contributed by atoms with Crippen molar-refractivity contribution in [2.45, 2.75) is 0 Å². The van der Waals surface area contributed by atoms with Crippen molar-refractivity contribution in [1.82, 2.24) is 15.0 Å². The van der Waals surface area contributed by atoms with Gasteiger partial charge in [-0.1, -0.05) is 42.5 Å². The molecule has 5 heteroatoms. The third-order valence-electron chi connectivity index (χ3n) is 3.73. The molecule has 0 spiro atoms. The van der Waals surface area contributed by atoms with Gasteiger partial charge in [0.15, 0.2) is 5.65 Å². The van der Waals surface area contributed by atoms with Crippen molar-refractivity contribution < 1.29 is 0 Å². The molecule has 0 atom stereocenters. The second kappa shape index (κ2) is 5.96. The molecule has 0 fully saturated rings. The lowest BCUT2D eigenvalue weighted by molar-refractivity contribution is 1.10. The molecular weight excluding hydrogens is 300 g/mol. The van der Waals surface area contributed by atoms with Gasteiger partial charge in [-0.15, -0.1) is 0 Å². The van der Waals surface area contributed by atoms with Crippen LogP contribution in [0.2, 0.25) is 0 Å². The van der Waals surface area contributed by atoms with E-state index in [0.29, 0.717) is 11.5 Å². The van der Waals surface area contributed by atoms with Crippen LogP contribution in [0.15, 0.2) is 77.7 Å². The second-order valence-corrected chi connectivity index (χ2v) is 5.36. The zero-order valence-electron chi connectivity index (χ0n) is 12.7. The van der Waals surface area contributed by atoms with Crippen LogP contribution in [0.25, 0.3) is 22.2 Å². The molecule has 0 radical (unpaired) electrons. The molecule has 0 saturated carbocycles. The Hall–Kier alpha value is -3.47. The summed E-state index contributed by atoms with van der Waals surface area (Å²) in [5, 5.41) is 4.03. The summed E-state index contributed by atoms with van der Waals surface area (Å²) in [6, 6.07) is 21.8. The number of pyridine rings is 1. The van der Waals surface area contributed by atoms with E-state index in [1.807, 2.05) is 48.5 Å². The number of aromatic nitrogens is 3. The van der Waals surface area contributed by atoms with Gasteiger partial charge >= 0.3 is 5.69 Å². The van der Waals surface area contributed by atoms with Crippen LogP contribution >= 0.6 is 0 Å². The van der Waals surface area contributed by atoms with E-state index in [0.717, 1.165) is 22.2 Å². The largest absolute Gasteiger partial charge is 0.348 e.